The summed E-state index contributed by atoms with van der Waals surface area (Å²) in [5.41, 5.74) is 2.67. The molecule has 2 aromatic carbocycles. The quantitative estimate of drug-likeness (QED) is 0.257. The van der Waals surface area contributed by atoms with Gasteiger partial charge in [-0.25, -0.2) is 4.98 Å². The molecule has 3 aromatic rings. The van der Waals surface area contributed by atoms with E-state index in [2.05, 4.69) is 66.6 Å². The van der Waals surface area contributed by atoms with E-state index in [1.165, 1.54) is 5.30 Å². The zero-order valence-corrected chi connectivity index (χ0v) is 27.9. The molecular weight excluding hydrogens is 644 g/mol. The number of benzene rings is 2. The maximum atomic E-state index is 6.86. The fraction of sp³-hybridized carbons (Fsp3) is 0.448. The molecule has 0 unspecified atom stereocenters. The molecule has 0 amide bonds. The number of aromatic nitrogens is 2. The van der Waals surface area contributed by atoms with E-state index in [-0.39, 0.29) is 7.92 Å². The third-order valence-electron chi connectivity index (χ3n) is 7.81. The van der Waals surface area contributed by atoms with Crippen LogP contribution in [0.15, 0.2) is 41.0 Å². The van der Waals surface area contributed by atoms with Gasteiger partial charge in [-0.15, -0.1) is 0 Å². The van der Waals surface area contributed by atoms with Crippen molar-refractivity contribution in [1.82, 2.24) is 19.8 Å². The number of ether oxygens (including phenoxy) is 1. The van der Waals surface area contributed by atoms with Crippen molar-refractivity contribution in [3.05, 3.63) is 51.0 Å². The highest BCUT2D eigenvalue weighted by atomic mass is 79.9. The zero-order chi connectivity index (χ0) is 29.1. The zero-order valence-electron chi connectivity index (χ0n) is 23.9. The predicted molar refractivity (Wildman–Crippen MR) is 178 cm³/mol. The molecule has 2 fully saturated rings. The predicted octanol–water partition coefficient (Wildman–Crippen LogP) is 6.62. The molecule has 0 aliphatic carbocycles. The van der Waals surface area contributed by atoms with Crippen molar-refractivity contribution in [2.45, 2.75) is 18.9 Å². The SMILES string of the molecule is COc1cc(N2CCC(N3CCN(C)CC3)CC2)c(Cl)cc1Nc1ncc(Br)c(Nc2ccc(Cl)cc2P(C)C)n1. The molecule has 3 heterocycles. The Hall–Kier alpha value is -1.87. The van der Waals surface area contributed by atoms with Crippen LogP contribution < -0.4 is 25.6 Å². The van der Waals surface area contributed by atoms with Crippen LogP contribution in [0.5, 0.6) is 5.75 Å². The van der Waals surface area contributed by atoms with Gasteiger partial charge in [-0.3, -0.25) is 4.90 Å². The van der Waals surface area contributed by atoms with Crippen LogP contribution in [0.1, 0.15) is 12.8 Å². The highest BCUT2D eigenvalue weighted by molar-refractivity contribution is 9.10. The molecule has 0 spiro atoms. The number of piperidine rings is 1. The summed E-state index contributed by atoms with van der Waals surface area (Å²) >= 11 is 16.7. The lowest BCUT2D eigenvalue weighted by Gasteiger charge is -2.42. The monoisotopic (exact) mass is 679 g/mol. The first-order valence-electron chi connectivity index (χ1n) is 13.8. The van der Waals surface area contributed by atoms with E-state index in [0.29, 0.717) is 34.3 Å². The number of hydrogen-bond acceptors (Lipinski definition) is 8. The number of nitrogens with one attached hydrogen (secondary N) is 2. The maximum absolute atomic E-state index is 6.86. The Morgan fingerprint density at radius 1 is 0.976 bits per heavy atom. The van der Waals surface area contributed by atoms with Gasteiger partial charge in [-0.05, 0) is 73.4 Å². The molecule has 2 saturated heterocycles. The fourth-order valence-corrected chi connectivity index (χ4v) is 7.29. The second-order valence-electron chi connectivity index (χ2n) is 10.8. The average Bonchev–Trinajstić information content (AvgIpc) is 2.96. The van der Waals surface area contributed by atoms with Gasteiger partial charge in [0.1, 0.15) is 11.6 Å². The highest BCUT2D eigenvalue weighted by Gasteiger charge is 2.28. The molecule has 2 aliphatic heterocycles. The number of methoxy groups -OCH3 is 1. The van der Waals surface area contributed by atoms with Crippen molar-refractivity contribution in [2.75, 3.05) is 82.3 Å². The number of halogens is 3. The van der Waals surface area contributed by atoms with Crippen LogP contribution in [-0.2, 0) is 0 Å². The van der Waals surface area contributed by atoms with E-state index < -0.39 is 0 Å². The van der Waals surface area contributed by atoms with Crippen molar-refractivity contribution in [3.8, 4) is 5.75 Å². The fourth-order valence-electron chi connectivity index (χ4n) is 5.45. The molecule has 2 aliphatic rings. The average molecular weight is 681 g/mol. The molecule has 0 bridgehead atoms. The molecule has 0 radical (unpaired) electrons. The Morgan fingerprint density at radius 3 is 2.39 bits per heavy atom. The van der Waals surface area contributed by atoms with Gasteiger partial charge in [-0.2, -0.15) is 4.98 Å². The van der Waals surface area contributed by atoms with Crippen molar-refractivity contribution in [2.24, 2.45) is 0 Å². The largest absolute Gasteiger partial charge is 0.494 e. The van der Waals surface area contributed by atoms with Crippen LogP contribution in [0, 0.1) is 0 Å². The molecule has 12 heteroatoms. The summed E-state index contributed by atoms with van der Waals surface area (Å²) in [6.45, 7) is 11.0. The van der Waals surface area contributed by atoms with Gasteiger partial charge in [-0.1, -0.05) is 31.1 Å². The van der Waals surface area contributed by atoms with E-state index in [4.69, 9.17) is 32.9 Å². The smallest absolute Gasteiger partial charge is 0.229 e. The van der Waals surface area contributed by atoms with Crippen LogP contribution in [0.3, 0.4) is 0 Å². The molecule has 1 aromatic heterocycles. The van der Waals surface area contributed by atoms with Gasteiger partial charge in [0.15, 0.2) is 0 Å². The number of anilines is 5. The first kappa shape index (κ1) is 30.6. The van der Waals surface area contributed by atoms with Crippen molar-refractivity contribution >= 4 is 81.2 Å². The van der Waals surface area contributed by atoms with Crippen LogP contribution in [0.25, 0.3) is 0 Å². The standard InChI is InChI=1S/C29H37BrCl2N7OP/c1-37-11-13-38(14-12-37)20-7-9-39(10-8-20)25-17-26(40-2)24(16-22(25)32)35-29-33-18-21(30)28(36-29)34-23-6-5-19(31)15-27(23)41(3)4/h5-6,15-18,20H,7-14H2,1-4H3,(H2,33,34,35,36). The maximum Gasteiger partial charge on any atom is 0.229 e. The molecule has 5 rings (SSSR count). The van der Waals surface area contributed by atoms with E-state index in [0.717, 1.165) is 73.0 Å². The molecule has 220 valence electrons. The first-order valence-corrected chi connectivity index (χ1v) is 17.6. The Kier molecular flexibility index (Phi) is 10.2. The lowest BCUT2D eigenvalue weighted by atomic mass is 10.0. The van der Waals surface area contributed by atoms with Gasteiger partial charge in [0, 0.05) is 73.6 Å². The van der Waals surface area contributed by atoms with Crippen molar-refractivity contribution < 1.29 is 4.74 Å². The van der Waals surface area contributed by atoms with E-state index >= 15 is 0 Å². The van der Waals surface area contributed by atoms with E-state index in [9.17, 15) is 0 Å². The summed E-state index contributed by atoms with van der Waals surface area (Å²) in [5, 5.41) is 9.32. The summed E-state index contributed by atoms with van der Waals surface area (Å²) in [6.07, 6.45) is 4.00. The molecule has 0 atom stereocenters. The Labute approximate surface area is 262 Å². The molecule has 2 N–H and O–H groups in total. The highest BCUT2D eigenvalue weighted by Crippen LogP contribution is 2.39. The van der Waals surface area contributed by atoms with Crippen LogP contribution >= 0.6 is 47.1 Å². The lowest BCUT2D eigenvalue weighted by Crippen LogP contribution is -2.52. The molecular formula is C29H37BrCl2N7OP. The Morgan fingerprint density at radius 2 is 1.71 bits per heavy atom. The molecule has 8 nitrogen and oxygen atoms in total. The van der Waals surface area contributed by atoms with Gasteiger partial charge in [0.25, 0.3) is 0 Å². The number of likely N-dealkylation sites (N-methyl/N-ethyl adjacent to an activating group) is 1. The van der Waals surface area contributed by atoms with Crippen molar-refractivity contribution in [3.63, 3.8) is 0 Å². The third kappa shape index (κ3) is 7.38. The summed E-state index contributed by atoms with van der Waals surface area (Å²) in [4.78, 5) is 16.7. The van der Waals surface area contributed by atoms with Crippen molar-refractivity contribution in [1.29, 1.82) is 0 Å². The minimum atomic E-state index is -0.374. The van der Waals surface area contributed by atoms with Gasteiger partial charge >= 0.3 is 0 Å². The third-order valence-corrected chi connectivity index (χ3v) is 10.3. The van der Waals surface area contributed by atoms with E-state index in [1.54, 1.807) is 13.3 Å². The topological polar surface area (TPSA) is 68.8 Å². The molecule has 0 saturated carbocycles. The van der Waals surface area contributed by atoms with Gasteiger partial charge in [0.2, 0.25) is 5.95 Å². The second-order valence-corrected chi connectivity index (χ2v) is 14.7. The first-order chi connectivity index (χ1) is 19.7. The minimum Gasteiger partial charge on any atom is -0.494 e. The van der Waals surface area contributed by atoms with Crippen LogP contribution in [-0.4, -0.2) is 92.6 Å². The van der Waals surface area contributed by atoms with Crippen LogP contribution in [0.4, 0.5) is 28.8 Å². The summed E-state index contributed by atoms with van der Waals surface area (Å²) in [5.74, 6) is 1.76. The lowest BCUT2D eigenvalue weighted by molar-refractivity contribution is 0.0982. The number of piperazine rings is 1. The Balaban J connectivity index is 1.30. The number of nitrogens with zero attached hydrogens (tertiary/aromatic N) is 5. The Bertz CT molecular complexity index is 1370. The van der Waals surface area contributed by atoms with E-state index in [1.807, 2.05) is 30.3 Å². The summed E-state index contributed by atoms with van der Waals surface area (Å²) in [6, 6.07) is 10.4. The van der Waals surface area contributed by atoms with Gasteiger partial charge in [0.05, 0.1) is 28.0 Å². The molecule has 41 heavy (non-hydrogen) atoms. The number of hydrogen-bond donors (Lipinski definition) is 2. The van der Waals surface area contributed by atoms with Crippen LogP contribution in [0.2, 0.25) is 10.0 Å². The minimum absolute atomic E-state index is 0.374. The summed E-state index contributed by atoms with van der Waals surface area (Å²) in [7, 11) is 3.50. The second kappa shape index (κ2) is 13.6. The summed E-state index contributed by atoms with van der Waals surface area (Å²) < 4.78 is 6.53. The van der Waals surface area contributed by atoms with Gasteiger partial charge < -0.3 is 25.2 Å². The number of rotatable bonds is 8. The normalized spacial score (nSPS) is 17.2.